The van der Waals surface area contributed by atoms with Gasteiger partial charge in [0.25, 0.3) is 0 Å². The Hall–Kier alpha value is -2.74. The molecule has 8 heteroatoms. The molecule has 0 fully saturated rings. The van der Waals surface area contributed by atoms with E-state index in [0.29, 0.717) is 38.0 Å². The summed E-state index contributed by atoms with van der Waals surface area (Å²) < 4.78 is 11.4. The highest BCUT2D eigenvalue weighted by Gasteiger charge is 2.12. The number of hydrogen-bond acceptors (Lipinski definition) is 5. The summed E-state index contributed by atoms with van der Waals surface area (Å²) in [5.74, 6) is 1.93. The lowest BCUT2D eigenvalue weighted by molar-refractivity contribution is -0.119. The summed E-state index contributed by atoms with van der Waals surface area (Å²) in [4.78, 5) is 17.7. The van der Waals surface area contributed by atoms with E-state index >= 15 is 0 Å². The molecule has 1 aromatic heterocycles. The molecule has 0 radical (unpaired) electrons. The second-order valence-electron chi connectivity index (χ2n) is 6.61. The van der Waals surface area contributed by atoms with Crippen molar-refractivity contribution in [1.29, 1.82) is 0 Å². The number of nitrogens with zero attached hydrogens (tertiary/aromatic N) is 1. The Labute approximate surface area is 175 Å². The van der Waals surface area contributed by atoms with Gasteiger partial charge in [-0.15, -0.1) is 11.3 Å². The molecule has 2 aromatic rings. The highest BCUT2D eigenvalue weighted by molar-refractivity contribution is 7.09. The number of aliphatic imine (C=N–C) groups is 1. The standard InChI is InChI=1S/C21H28N4O3S/c1-2-9-22-20(26)15-24-21(23-10-8-17-5-3-13-29-17)25-16-6-7-18-19(14-16)28-12-4-11-27-18/h3,5-7,13-14H,2,4,8-12,15H2,1H3,(H,22,26)(H2,23,24,25). The first-order valence-electron chi connectivity index (χ1n) is 9.98. The summed E-state index contributed by atoms with van der Waals surface area (Å²) in [6, 6.07) is 9.86. The van der Waals surface area contributed by atoms with Crippen molar-refractivity contribution in [2.45, 2.75) is 26.2 Å². The second kappa shape index (κ2) is 11.3. The van der Waals surface area contributed by atoms with Gasteiger partial charge in [0, 0.05) is 36.1 Å². The third-order valence-corrected chi connectivity index (χ3v) is 5.14. The maximum Gasteiger partial charge on any atom is 0.241 e. The van der Waals surface area contributed by atoms with Crippen LogP contribution in [0, 0.1) is 0 Å². The average molecular weight is 417 g/mol. The van der Waals surface area contributed by atoms with Crippen LogP contribution >= 0.6 is 11.3 Å². The van der Waals surface area contributed by atoms with Gasteiger partial charge < -0.3 is 25.4 Å². The van der Waals surface area contributed by atoms with Crippen molar-refractivity contribution >= 4 is 28.9 Å². The summed E-state index contributed by atoms with van der Waals surface area (Å²) in [6.07, 6.45) is 2.65. The van der Waals surface area contributed by atoms with Crippen LogP contribution in [0.5, 0.6) is 11.5 Å². The summed E-state index contributed by atoms with van der Waals surface area (Å²) in [5, 5.41) is 11.5. The van der Waals surface area contributed by atoms with Gasteiger partial charge in [-0.3, -0.25) is 4.79 Å². The third kappa shape index (κ3) is 6.98. The van der Waals surface area contributed by atoms with E-state index in [4.69, 9.17) is 9.47 Å². The van der Waals surface area contributed by atoms with Gasteiger partial charge in [-0.1, -0.05) is 13.0 Å². The number of carbonyl (C=O) groups is 1. The molecular formula is C21H28N4O3S. The molecule has 0 atom stereocenters. The minimum atomic E-state index is -0.0927. The Morgan fingerprint density at radius 1 is 1.14 bits per heavy atom. The number of ether oxygens (including phenoxy) is 2. The minimum absolute atomic E-state index is 0.0683. The zero-order chi connectivity index (χ0) is 20.3. The van der Waals surface area contributed by atoms with Crippen molar-refractivity contribution in [3.05, 3.63) is 40.6 Å². The third-order valence-electron chi connectivity index (χ3n) is 4.21. The molecule has 0 saturated carbocycles. The van der Waals surface area contributed by atoms with Crippen LogP contribution in [0.1, 0.15) is 24.6 Å². The molecule has 2 heterocycles. The number of amides is 1. The molecule has 1 amide bonds. The second-order valence-corrected chi connectivity index (χ2v) is 7.64. The predicted molar refractivity (Wildman–Crippen MR) is 117 cm³/mol. The Morgan fingerprint density at radius 2 is 2.00 bits per heavy atom. The van der Waals surface area contributed by atoms with Crippen LogP contribution in [0.4, 0.5) is 5.69 Å². The van der Waals surface area contributed by atoms with Crippen LogP contribution in [-0.2, 0) is 11.2 Å². The van der Waals surface area contributed by atoms with Gasteiger partial charge in [0.05, 0.1) is 13.2 Å². The maximum atomic E-state index is 11.9. The van der Waals surface area contributed by atoms with Gasteiger partial charge in [0.2, 0.25) is 5.91 Å². The van der Waals surface area contributed by atoms with Crippen molar-refractivity contribution in [3.63, 3.8) is 0 Å². The number of thiophene rings is 1. The highest BCUT2D eigenvalue weighted by Crippen LogP contribution is 2.32. The Balaban J connectivity index is 1.64. The van der Waals surface area contributed by atoms with Crippen molar-refractivity contribution in [2.24, 2.45) is 4.99 Å². The lowest BCUT2D eigenvalue weighted by atomic mass is 10.2. The number of carbonyl (C=O) groups excluding carboxylic acids is 1. The molecule has 29 heavy (non-hydrogen) atoms. The SMILES string of the molecule is CCCNC(=O)CN=C(NCCc1cccs1)Nc1ccc2c(c1)OCCCO2. The predicted octanol–water partition coefficient (Wildman–Crippen LogP) is 3.04. The number of rotatable bonds is 8. The average Bonchev–Trinajstić information content (AvgIpc) is 3.14. The van der Waals surface area contributed by atoms with Crippen LogP contribution in [0.15, 0.2) is 40.7 Å². The van der Waals surface area contributed by atoms with E-state index in [2.05, 4.69) is 32.4 Å². The molecule has 3 N–H and O–H groups in total. The van der Waals surface area contributed by atoms with Crippen LogP contribution in [0.25, 0.3) is 0 Å². The Kier molecular flexibility index (Phi) is 8.18. The molecule has 0 aliphatic carbocycles. The lowest BCUT2D eigenvalue weighted by Crippen LogP contribution is -2.34. The summed E-state index contributed by atoms with van der Waals surface area (Å²) in [7, 11) is 0. The first-order chi connectivity index (χ1) is 14.2. The van der Waals surface area contributed by atoms with Gasteiger partial charge in [-0.25, -0.2) is 4.99 Å². The van der Waals surface area contributed by atoms with Gasteiger partial charge in [-0.2, -0.15) is 0 Å². The molecular weight excluding hydrogens is 388 g/mol. The van der Waals surface area contributed by atoms with E-state index in [1.54, 1.807) is 11.3 Å². The van der Waals surface area contributed by atoms with Gasteiger partial charge in [0.15, 0.2) is 17.5 Å². The molecule has 1 aromatic carbocycles. The summed E-state index contributed by atoms with van der Waals surface area (Å²) >= 11 is 1.73. The van der Waals surface area contributed by atoms with Crippen molar-refractivity contribution in [2.75, 3.05) is 38.2 Å². The molecule has 7 nitrogen and oxygen atoms in total. The monoisotopic (exact) mass is 416 g/mol. The molecule has 156 valence electrons. The molecule has 0 saturated heterocycles. The van der Waals surface area contributed by atoms with E-state index in [-0.39, 0.29) is 12.5 Å². The van der Waals surface area contributed by atoms with Crippen LogP contribution in [-0.4, -0.2) is 44.7 Å². The lowest BCUT2D eigenvalue weighted by Gasteiger charge is -2.14. The topological polar surface area (TPSA) is 84.0 Å². The zero-order valence-electron chi connectivity index (χ0n) is 16.7. The molecule has 3 rings (SSSR count). The number of hydrogen-bond donors (Lipinski definition) is 3. The smallest absolute Gasteiger partial charge is 0.241 e. The molecule has 0 unspecified atom stereocenters. The first kappa shape index (κ1) is 21.0. The fourth-order valence-electron chi connectivity index (χ4n) is 2.75. The number of benzene rings is 1. The normalized spacial score (nSPS) is 13.5. The maximum absolute atomic E-state index is 11.9. The highest BCUT2D eigenvalue weighted by atomic mass is 32.1. The van der Waals surface area contributed by atoms with Crippen molar-refractivity contribution < 1.29 is 14.3 Å². The van der Waals surface area contributed by atoms with Gasteiger partial charge in [0.1, 0.15) is 6.54 Å². The van der Waals surface area contributed by atoms with Gasteiger partial charge >= 0.3 is 0 Å². The quantitative estimate of drug-likeness (QED) is 0.455. The number of guanidine groups is 1. The Bertz CT molecular complexity index is 808. The number of anilines is 1. The van der Waals surface area contributed by atoms with E-state index in [1.165, 1.54) is 4.88 Å². The molecule has 0 spiro atoms. The minimum Gasteiger partial charge on any atom is -0.490 e. The van der Waals surface area contributed by atoms with Crippen molar-refractivity contribution in [3.8, 4) is 11.5 Å². The summed E-state index contributed by atoms with van der Waals surface area (Å²) in [6.45, 7) is 4.75. The fourth-order valence-corrected chi connectivity index (χ4v) is 3.46. The molecule has 1 aliphatic rings. The van der Waals surface area contributed by atoms with E-state index in [9.17, 15) is 4.79 Å². The van der Waals surface area contributed by atoms with Crippen LogP contribution < -0.4 is 25.4 Å². The number of nitrogens with one attached hydrogen (secondary N) is 3. The van der Waals surface area contributed by atoms with Gasteiger partial charge in [-0.05, 0) is 36.4 Å². The Morgan fingerprint density at radius 3 is 2.79 bits per heavy atom. The zero-order valence-corrected chi connectivity index (χ0v) is 17.5. The fraction of sp³-hybridized carbons (Fsp3) is 0.429. The molecule has 1 aliphatic heterocycles. The van der Waals surface area contributed by atoms with Crippen LogP contribution in [0.3, 0.4) is 0 Å². The van der Waals surface area contributed by atoms with Crippen LogP contribution in [0.2, 0.25) is 0 Å². The van der Waals surface area contributed by atoms with E-state index < -0.39 is 0 Å². The van der Waals surface area contributed by atoms with E-state index in [0.717, 1.165) is 30.7 Å². The first-order valence-corrected chi connectivity index (χ1v) is 10.9. The molecule has 0 bridgehead atoms. The van der Waals surface area contributed by atoms with E-state index in [1.807, 2.05) is 31.2 Å². The summed E-state index contributed by atoms with van der Waals surface area (Å²) in [5.41, 5.74) is 0.825. The van der Waals surface area contributed by atoms with Crippen molar-refractivity contribution in [1.82, 2.24) is 10.6 Å². The number of fused-ring (bicyclic) bond motifs is 1. The largest absolute Gasteiger partial charge is 0.490 e.